The van der Waals surface area contributed by atoms with E-state index < -0.39 is 0 Å². The molecule has 1 atom stereocenters. The number of hydrogen-bond donors (Lipinski definition) is 2. The maximum atomic E-state index is 11.5. The molecule has 0 spiro atoms. The summed E-state index contributed by atoms with van der Waals surface area (Å²) in [6, 6.07) is 0.580. The molecule has 0 radical (unpaired) electrons. The molecule has 1 aliphatic rings. The highest BCUT2D eigenvalue weighted by Crippen LogP contribution is 2.17. The summed E-state index contributed by atoms with van der Waals surface area (Å²) in [6.45, 7) is 3.47. The number of carbonyl (C=O) groups is 1. The fraction of sp³-hybridized carbons (Fsp3) is 0.917. The van der Waals surface area contributed by atoms with E-state index in [1.807, 2.05) is 11.8 Å². The topological polar surface area (TPSA) is 41.1 Å². The van der Waals surface area contributed by atoms with Crippen molar-refractivity contribution in [1.29, 1.82) is 0 Å². The summed E-state index contributed by atoms with van der Waals surface area (Å²) in [7, 11) is 0. The van der Waals surface area contributed by atoms with Gasteiger partial charge in [0, 0.05) is 17.8 Å². The van der Waals surface area contributed by atoms with Crippen LogP contribution >= 0.6 is 11.8 Å². The van der Waals surface area contributed by atoms with Crippen molar-refractivity contribution >= 4 is 17.7 Å². The molecule has 1 rings (SSSR count). The van der Waals surface area contributed by atoms with Crippen molar-refractivity contribution < 1.29 is 4.79 Å². The molecule has 0 bridgehead atoms. The van der Waals surface area contributed by atoms with Crippen LogP contribution in [0.4, 0.5) is 0 Å². The van der Waals surface area contributed by atoms with Crippen LogP contribution in [0.3, 0.4) is 0 Å². The molecule has 1 aliphatic carbocycles. The maximum Gasteiger partial charge on any atom is 0.233 e. The second kappa shape index (κ2) is 7.96. The van der Waals surface area contributed by atoms with Crippen LogP contribution < -0.4 is 10.6 Å². The molecule has 0 heterocycles. The Morgan fingerprint density at radius 2 is 2.12 bits per heavy atom. The first-order valence-corrected chi connectivity index (χ1v) is 7.54. The van der Waals surface area contributed by atoms with Crippen LogP contribution in [0.1, 0.15) is 39.0 Å². The highest BCUT2D eigenvalue weighted by molar-refractivity contribution is 7.99. The summed E-state index contributed by atoms with van der Waals surface area (Å²) in [6.07, 6.45) is 8.24. The first-order valence-electron chi connectivity index (χ1n) is 6.25. The van der Waals surface area contributed by atoms with Crippen LogP contribution in [0, 0.1) is 0 Å². The van der Waals surface area contributed by atoms with Crippen molar-refractivity contribution in [3.63, 3.8) is 0 Å². The van der Waals surface area contributed by atoms with Crippen molar-refractivity contribution in [2.75, 3.05) is 19.3 Å². The lowest BCUT2D eigenvalue weighted by Crippen LogP contribution is -2.38. The Kier molecular flexibility index (Phi) is 6.88. The van der Waals surface area contributed by atoms with E-state index >= 15 is 0 Å². The predicted octanol–water partition coefficient (Wildman–Crippen LogP) is 1.78. The Bertz CT molecular complexity index is 205. The highest BCUT2D eigenvalue weighted by atomic mass is 32.2. The molecule has 0 aliphatic heterocycles. The van der Waals surface area contributed by atoms with E-state index in [9.17, 15) is 4.79 Å². The summed E-state index contributed by atoms with van der Waals surface area (Å²) in [5.74, 6) is 0.139. The Balaban J connectivity index is 1.97. The van der Waals surface area contributed by atoms with E-state index in [-0.39, 0.29) is 5.91 Å². The predicted molar refractivity (Wildman–Crippen MR) is 70.9 cm³/mol. The van der Waals surface area contributed by atoms with E-state index in [0.29, 0.717) is 17.8 Å². The monoisotopic (exact) mass is 244 g/mol. The molecule has 0 aromatic carbocycles. The molecule has 4 heteroatoms. The molecule has 1 fully saturated rings. The summed E-state index contributed by atoms with van der Waals surface area (Å²) < 4.78 is 0. The average molecular weight is 244 g/mol. The molecular weight excluding hydrogens is 220 g/mol. The van der Waals surface area contributed by atoms with Crippen LogP contribution in [0.15, 0.2) is 0 Å². The lowest BCUT2D eigenvalue weighted by molar-refractivity contribution is -0.120. The second-order valence-electron chi connectivity index (χ2n) is 4.55. The van der Waals surface area contributed by atoms with Gasteiger partial charge in [0.2, 0.25) is 5.91 Å². The quantitative estimate of drug-likeness (QED) is 0.717. The summed E-state index contributed by atoms with van der Waals surface area (Å²) in [4.78, 5) is 11.5. The number of carbonyl (C=O) groups excluding carboxylic acids is 1. The van der Waals surface area contributed by atoms with E-state index in [2.05, 4.69) is 23.8 Å². The Morgan fingerprint density at radius 1 is 1.44 bits per heavy atom. The smallest absolute Gasteiger partial charge is 0.233 e. The molecule has 0 aromatic heterocycles. The standard InChI is InChI=1S/C12H24N2OS/c1-10(16-2)7-8-13-12(15)9-14-11-5-3-4-6-11/h10-11,14H,3-9H2,1-2H3,(H,13,15). The summed E-state index contributed by atoms with van der Waals surface area (Å²) in [5, 5.41) is 6.90. The van der Waals surface area contributed by atoms with Crippen molar-refractivity contribution in [2.45, 2.75) is 50.3 Å². The maximum absolute atomic E-state index is 11.5. The molecule has 0 aromatic rings. The fourth-order valence-electron chi connectivity index (χ4n) is 1.96. The van der Waals surface area contributed by atoms with E-state index in [4.69, 9.17) is 0 Å². The largest absolute Gasteiger partial charge is 0.355 e. The minimum Gasteiger partial charge on any atom is -0.355 e. The average Bonchev–Trinajstić information content (AvgIpc) is 2.79. The molecular formula is C12H24N2OS. The lowest BCUT2D eigenvalue weighted by Gasteiger charge is -2.12. The fourth-order valence-corrected chi connectivity index (χ4v) is 2.32. The van der Waals surface area contributed by atoms with Gasteiger partial charge in [-0.2, -0.15) is 11.8 Å². The number of nitrogens with one attached hydrogen (secondary N) is 2. The van der Waals surface area contributed by atoms with E-state index in [1.54, 1.807) is 0 Å². The van der Waals surface area contributed by atoms with Crippen LogP contribution in [0.5, 0.6) is 0 Å². The highest BCUT2D eigenvalue weighted by Gasteiger charge is 2.14. The molecule has 16 heavy (non-hydrogen) atoms. The molecule has 94 valence electrons. The lowest BCUT2D eigenvalue weighted by atomic mass is 10.2. The van der Waals surface area contributed by atoms with Gasteiger partial charge in [-0.15, -0.1) is 0 Å². The van der Waals surface area contributed by atoms with Gasteiger partial charge >= 0.3 is 0 Å². The SMILES string of the molecule is CSC(C)CCNC(=O)CNC1CCCC1. The Morgan fingerprint density at radius 3 is 2.75 bits per heavy atom. The third kappa shape index (κ3) is 5.75. The summed E-state index contributed by atoms with van der Waals surface area (Å²) in [5.41, 5.74) is 0. The van der Waals surface area contributed by atoms with Crippen molar-refractivity contribution in [2.24, 2.45) is 0 Å². The minimum absolute atomic E-state index is 0.139. The van der Waals surface area contributed by atoms with Crippen molar-refractivity contribution in [1.82, 2.24) is 10.6 Å². The van der Waals surface area contributed by atoms with Crippen molar-refractivity contribution in [3.8, 4) is 0 Å². The minimum atomic E-state index is 0.139. The normalized spacial score (nSPS) is 18.6. The zero-order chi connectivity index (χ0) is 11.8. The van der Waals surface area contributed by atoms with Gasteiger partial charge in [0.05, 0.1) is 6.54 Å². The number of hydrogen-bond acceptors (Lipinski definition) is 3. The molecule has 0 saturated heterocycles. The molecule has 3 nitrogen and oxygen atoms in total. The second-order valence-corrected chi connectivity index (χ2v) is 5.82. The zero-order valence-corrected chi connectivity index (χ0v) is 11.2. The summed E-state index contributed by atoms with van der Waals surface area (Å²) >= 11 is 1.84. The van der Waals surface area contributed by atoms with Crippen LogP contribution in [-0.4, -0.2) is 36.5 Å². The van der Waals surface area contributed by atoms with Gasteiger partial charge in [-0.25, -0.2) is 0 Å². The van der Waals surface area contributed by atoms with Gasteiger partial charge in [0.1, 0.15) is 0 Å². The van der Waals surface area contributed by atoms with Crippen LogP contribution in [0.2, 0.25) is 0 Å². The van der Waals surface area contributed by atoms with Gasteiger partial charge in [0.15, 0.2) is 0 Å². The third-order valence-corrected chi connectivity index (χ3v) is 4.22. The van der Waals surface area contributed by atoms with Gasteiger partial charge < -0.3 is 10.6 Å². The van der Waals surface area contributed by atoms with Crippen LogP contribution in [-0.2, 0) is 4.79 Å². The Hall–Kier alpha value is -0.220. The zero-order valence-electron chi connectivity index (χ0n) is 10.4. The number of thioether (sulfide) groups is 1. The Labute approximate surface area is 103 Å². The van der Waals surface area contributed by atoms with Crippen LogP contribution in [0.25, 0.3) is 0 Å². The molecule has 1 saturated carbocycles. The third-order valence-electron chi connectivity index (χ3n) is 3.18. The molecule has 2 N–H and O–H groups in total. The molecule has 1 amide bonds. The first kappa shape index (κ1) is 13.8. The number of rotatable bonds is 7. The molecule has 1 unspecified atom stereocenters. The van der Waals surface area contributed by atoms with Crippen molar-refractivity contribution in [3.05, 3.63) is 0 Å². The van der Waals surface area contributed by atoms with Gasteiger partial charge in [-0.1, -0.05) is 19.8 Å². The van der Waals surface area contributed by atoms with Gasteiger partial charge in [-0.05, 0) is 25.5 Å². The van der Waals surface area contributed by atoms with E-state index in [0.717, 1.165) is 13.0 Å². The van der Waals surface area contributed by atoms with Gasteiger partial charge in [-0.3, -0.25) is 4.79 Å². The number of amides is 1. The first-order chi connectivity index (χ1) is 7.72. The van der Waals surface area contributed by atoms with E-state index in [1.165, 1.54) is 25.7 Å². The van der Waals surface area contributed by atoms with Gasteiger partial charge in [0.25, 0.3) is 0 Å².